The van der Waals surface area contributed by atoms with Crippen LogP contribution in [-0.4, -0.2) is 50.9 Å². The van der Waals surface area contributed by atoms with Gasteiger partial charge in [-0.2, -0.15) is 0 Å². The van der Waals surface area contributed by atoms with Gasteiger partial charge in [0, 0.05) is 26.4 Å². The molecule has 0 aromatic heterocycles. The topological polar surface area (TPSA) is 80.3 Å². The lowest BCUT2D eigenvalue weighted by Crippen LogP contribution is -2.37. The maximum Gasteiger partial charge on any atom is 0.371 e. The molecular weight excluding hydrogens is 256 g/mol. The van der Waals surface area contributed by atoms with E-state index in [1.165, 1.54) is 0 Å². The number of hydrogen-bond acceptors (Lipinski definition) is 7. The predicted octanol–water partition coefficient (Wildman–Crippen LogP) is 0.854. The van der Waals surface area contributed by atoms with Crippen LogP contribution < -0.4 is 0 Å². The van der Waals surface area contributed by atoms with Crippen molar-refractivity contribution < 1.29 is 33.3 Å². The van der Waals surface area contributed by atoms with Crippen molar-refractivity contribution in [3.05, 3.63) is 0 Å². The number of rotatable bonds is 10. The molecule has 0 aliphatic heterocycles. The highest BCUT2D eigenvalue weighted by Gasteiger charge is 2.29. The summed E-state index contributed by atoms with van der Waals surface area (Å²) < 4.78 is 24.7. The van der Waals surface area contributed by atoms with Gasteiger partial charge in [0.15, 0.2) is 0 Å². The monoisotopic (exact) mass is 278 g/mol. The van der Waals surface area contributed by atoms with E-state index in [-0.39, 0.29) is 26.4 Å². The Balaban J connectivity index is 4.43. The zero-order valence-electron chi connectivity index (χ0n) is 11.8. The Bertz CT molecular complexity index is 229. The minimum absolute atomic E-state index is 0.258. The minimum atomic E-state index is -1.22. The summed E-state index contributed by atoms with van der Waals surface area (Å²) in [7, 11) is 0. The van der Waals surface area contributed by atoms with Crippen LogP contribution in [0.5, 0.6) is 0 Å². The molecule has 0 aromatic carbocycles. The van der Waals surface area contributed by atoms with Crippen molar-refractivity contribution in [2.75, 3.05) is 26.4 Å². The third-order valence-corrected chi connectivity index (χ3v) is 1.86. The molecule has 0 rings (SSSR count). The van der Waals surface area contributed by atoms with E-state index in [9.17, 15) is 9.59 Å². The third-order valence-electron chi connectivity index (χ3n) is 1.86. The van der Waals surface area contributed by atoms with Gasteiger partial charge in [-0.1, -0.05) is 0 Å². The van der Waals surface area contributed by atoms with Crippen LogP contribution in [0.2, 0.25) is 0 Å². The summed E-state index contributed by atoms with van der Waals surface area (Å²) in [5, 5.41) is 0. The van der Waals surface area contributed by atoms with Gasteiger partial charge in [0.2, 0.25) is 0 Å². The molecule has 0 aliphatic carbocycles. The smallest absolute Gasteiger partial charge is 0.371 e. The Morgan fingerprint density at radius 1 is 0.684 bits per heavy atom. The molecule has 0 fully saturated rings. The molecule has 0 aromatic rings. The van der Waals surface area contributed by atoms with Crippen molar-refractivity contribution in [2.24, 2.45) is 0 Å². The molecule has 0 saturated carbocycles. The fraction of sp³-hybridized carbons (Fsp3) is 0.833. The first kappa shape index (κ1) is 18.0. The first-order valence-corrected chi connectivity index (χ1v) is 6.32. The van der Waals surface area contributed by atoms with Crippen LogP contribution >= 0.6 is 0 Å². The first-order valence-electron chi connectivity index (χ1n) is 6.32. The molecule has 0 aliphatic rings. The van der Waals surface area contributed by atoms with Crippen molar-refractivity contribution in [1.82, 2.24) is 0 Å². The molecule has 0 bridgehead atoms. The molecule has 0 unspecified atom stereocenters. The molecule has 19 heavy (non-hydrogen) atoms. The van der Waals surface area contributed by atoms with Gasteiger partial charge in [-0.3, -0.25) is 0 Å². The van der Waals surface area contributed by atoms with Crippen molar-refractivity contribution in [3.63, 3.8) is 0 Å². The van der Waals surface area contributed by atoms with Gasteiger partial charge in [0.05, 0.1) is 0 Å². The summed E-state index contributed by atoms with van der Waals surface area (Å²) in [4.78, 5) is 23.3. The number of esters is 2. The average Bonchev–Trinajstić information content (AvgIpc) is 2.38. The van der Waals surface area contributed by atoms with E-state index in [1.54, 1.807) is 27.7 Å². The van der Waals surface area contributed by atoms with E-state index in [4.69, 9.17) is 18.9 Å². The number of hydrogen-bond donors (Lipinski definition) is 0. The molecule has 7 heteroatoms. The van der Waals surface area contributed by atoms with Gasteiger partial charge < -0.3 is 23.7 Å². The second-order valence-corrected chi connectivity index (χ2v) is 3.23. The summed E-state index contributed by atoms with van der Waals surface area (Å²) in [6.07, 6.45) is -2.44. The van der Waals surface area contributed by atoms with E-state index >= 15 is 0 Å². The Kier molecular flexibility index (Phi) is 10.3. The second-order valence-electron chi connectivity index (χ2n) is 3.23. The van der Waals surface area contributed by atoms with E-state index in [2.05, 4.69) is 4.74 Å². The maximum atomic E-state index is 11.6. The lowest BCUT2D eigenvalue weighted by molar-refractivity contribution is -0.212. The van der Waals surface area contributed by atoms with Crippen LogP contribution in [0.1, 0.15) is 27.7 Å². The van der Waals surface area contributed by atoms with Crippen LogP contribution in [0.15, 0.2) is 0 Å². The van der Waals surface area contributed by atoms with Gasteiger partial charge in [0.1, 0.15) is 0 Å². The van der Waals surface area contributed by atoms with Gasteiger partial charge in [-0.25, -0.2) is 9.59 Å². The molecule has 0 N–H and O–H groups in total. The fourth-order valence-electron chi connectivity index (χ4n) is 1.17. The molecule has 7 nitrogen and oxygen atoms in total. The Morgan fingerprint density at radius 2 is 0.947 bits per heavy atom. The Labute approximate surface area is 113 Å². The van der Waals surface area contributed by atoms with Gasteiger partial charge in [-0.05, 0) is 27.7 Å². The average molecular weight is 278 g/mol. The van der Waals surface area contributed by atoms with Gasteiger partial charge >= 0.3 is 11.9 Å². The molecule has 0 saturated heterocycles. The zero-order valence-corrected chi connectivity index (χ0v) is 11.8. The number of ether oxygens (including phenoxy) is 5. The minimum Gasteiger partial charge on any atom is -0.386 e. The maximum absolute atomic E-state index is 11.6. The van der Waals surface area contributed by atoms with Gasteiger partial charge in [0.25, 0.3) is 12.6 Å². The highest BCUT2D eigenvalue weighted by Crippen LogP contribution is 2.04. The SMILES string of the molecule is CCOC(OCC)C(=O)OC(=O)C(OCC)OCC. The third kappa shape index (κ3) is 7.22. The highest BCUT2D eigenvalue weighted by atomic mass is 16.7. The zero-order chi connectivity index (χ0) is 14.7. The van der Waals surface area contributed by atoms with Crippen LogP contribution in [0.3, 0.4) is 0 Å². The highest BCUT2D eigenvalue weighted by molar-refractivity contribution is 5.88. The molecule has 0 radical (unpaired) electrons. The lowest BCUT2D eigenvalue weighted by atomic mass is 10.5. The first-order chi connectivity index (χ1) is 9.10. The summed E-state index contributed by atoms with van der Waals surface area (Å²) in [5.74, 6) is -1.84. The number of carbonyl (C=O) groups is 2. The van der Waals surface area contributed by atoms with Crippen LogP contribution in [-0.2, 0) is 33.3 Å². The van der Waals surface area contributed by atoms with Crippen molar-refractivity contribution in [3.8, 4) is 0 Å². The summed E-state index contributed by atoms with van der Waals surface area (Å²) in [5.41, 5.74) is 0. The summed E-state index contributed by atoms with van der Waals surface area (Å²) >= 11 is 0. The molecule has 112 valence electrons. The van der Waals surface area contributed by atoms with Crippen molar-refractivity contribution in [1.29, 1.82) is 0 Å². The summed E-state index contributed by atoms with van der Waals surface area (Å²) in [6, 6.07) is 0. The quantitative estimate of drug-likeness (QED) is 0.333. The molecular formula is C12H22O7. The normalized spacial score (nSPS) is 11.1. The fourth-order valence-corrected chi connectivity index (χ4v) is 1.17. The van der Waals surface area contributed by atoms with Crippen molar-refractivity contribution in [2.45, 2.75) is 40.3 Å². The van der Waals surface area contributed by atoms with Crippen LogP contribution in [0.25, 0.3) is 0 Å². The Hall–Kier alpha value is -1.02. The van der Waals surface area contributed by atoms with Crippen molar-refractivity contribution >= 4 is 11.9 Å². The Morgan fingerprint density at radius 3 is 1.16 bits per heavy atom. The second kappa shape index (κ2) is 10.9. The van der Waals surface area contributed by atoms with Crippen LogP contribution in [0.4, 0.5) is 0 Å². The molecule has 0 spiro atoms. The van der Waals surface area contributed by atoms with E-state index in [1.807, 2.05) is 0 Å². The molecule has 0 heterocycles. The van der Waals surface area contributed by atoms with E-state index in [0.717, 1.165) is 0 Å². The lowest BCUT2D eigenvalue weighted by Gasteiger charge is -2.18. The van der Waals surface area contributed by atoms with Gasteiger partial charge in [-0.15, -0.1) is 0 Å². The van der Waals surface area contributed by atoms with Crippen LogP contribution in [0, 0.1) is 0 Å². The van der Waals surface area contributed by atoms with E-state index in [0.29, 0.717) is 0 Å². The summed E-state index contributed by atoms with van der Waals surface area (Å²) in [6.45, 7) is 7.83. The van der Waals surface area contributed by atoms with E-state index < -0.39 is 24.5 Å². The number of carbonyl (C=O) groups excluding carboxylic acids is 2. The largest absolute Gasteiger partial charge is 0.386 e. The molecule has 0 amide bonds. The standard InChI is InChI=1S/C12H22O7/c1-5-15-11(16-6-2)9(13)19-10(14)12(17-7-3)18-8-4/h11-12H,5-8H2,1-4H3. The predicted molar refractivity (Wildman–Crippen MR) is 65.2 cm³/mol. The molecule has 0 atom stereocenters.